The molecule has 0 N–H and O–H groups in total. The maximum absolute atomic E-state index is 5.59. The van der Waals surface area contributed by atoms with Crippen LogP contribution < -0.4 is 23.8 Å². The molecule has 0 bridgehead atoms. The lowest BCUT2D eigenvalue weighted by atomic mass is 9.86. The summed E-state index contributed by atoms with van der Waals surface area (Å²) >= 11 is 0. The number of aromatic nitrogens is 1. The summed E-state index contributed by atoms with van der Waals surface area (Å²) in [4.78, 5) is 2.44. The van der Waals surface area contributed by atoms with Gasteiger partial charge in [-0.05, 0) is 119 Å². The molecule has 298 valence electrons. The van der Waals surface area contributed by atoms with E-state index in [0.717, 1.165) is 64.8 Å². The molecule has 0 saturated carbocycles. The Bertz CT molecular complexity index is 2380. The van der Waals surface area contributed by atoms with Crippen molar-refractivity contribution in [1.82, 2.24) is 4.57 Å². The first-order valence-corrected chi connectivity index (χ1v) is 20.3. The van der Waals surface area contributed by atoms with Gasteiger partial charge in [-0.15, -0.1) is 0 Å². The van der Waals surface area contributed by atoms with Crippen LogP contribution in [0.1, 0.15) is 74.3 Å². The van der Waals surface area contributed by atoms with Crippen molar-refractivity contribution in [2.24, 2.45) is 0 Å². The predicted octanol–water partition coefficient (Wildman–Crippen LogP) is 12.7. The molecule has 1 heterocycles. The molecule has 1 aromatic heterocycles. The highest BCUT2D eigenvalue weighted by Gasteiger charge is 2.23. The van der Waals surface area contributed by atoms with E-state index < -0.39 is 0 Å². The van der Waals surface area contributed by atoms with E-state index in [1.165, 1.54) is 38.5 Å². The van der Waals surface area contributed by atoms with Crippen LogP contribution in [0.15, 0.2) is 140 Å². The normalized spacial score (nSPS) is 11.5. The van der Waals surface area contributed by atoms with E-state index in [2.05, 4.69) is 153 Å². The number of methoxy groups -OCH3 is 4. The van der Waals surface area contributed by atoms with Gasteiger partial charge in [0, 0.05) is 58.3 Å². The number of rotatable bonds is 15. The average Bonchev–Trinajstić information content (AvgIpc) is 3.57. The number of ether oxygens (including phenoxy) is 4. The van der Waals surface area contributed by atoms with Crippen LogP contribution in [0.3, 0.4) is 0 Å². The summed E-state index contributed by atoms with van der Waals surface area (Å²) in [6.07, 6.45) is 4.58. The van der Waals surface area contributed by atoms with Crippen LogP contribution in [-0.4, -0.2) is 39.6 Å². The van der Waals surface area contributed by atoms with Gasteiger partial charge in [0.05, 0.1) is 28.4 Å². The Kier molecular flexibility index (Phi) is 12.1. The molecule has 0 aliphatic rings. The number of hydrogen-bond donors (Lipinski definition) is 0. The molecule has 0 aliphatic heterocycles. The van der Waals surface area contributed by atoms with Crippen LogP contribution >= 0.6 is 0 Å². The van der Waals surface area contributed by atoms with Gasteiger partial charge in [0.25, 0.3) is 0 Å². The SMILES string of the molecule is CCCCn1c2ccc(N(C=C(c3ccc(OC)cc3)c3ccc(OC)cc3)CC(c3ccc(OC)cc3)c3ccc(OC)cc3)cc2c2cc(C(C)(C)C)ccc21. The minimum atomic E-state index is -0.00451. The highest BCUT2D eigenvalue weighted by Crippen LogP contribution is 2.38. The zero-order chi connectivity index (χ0) is 40.8. The van der Waals surface area contributed by atoms with Crippen LogP contribution in [0.5, 0.6) is 23.0 Å². The first-order valence-electron chi connectivity index (χ1n) is 20.3. The first kappa shape index (κ1) is 40.1. The lowest BCUT2D eigenvalue weighted by molar-refractivity contribution is 0.414. The van der Waals surface area contributed by atoms with Gasteiger partial charge < -0.3 is 28.4 Å². The van der Waals surface area contributed by atoms with Gasteiger partial charge in [-0.3, -0.25) is 0 Å². The molecule has 58 heavy (non-hydrogen) atoms. The highest BCUT2D eigenvalue weighted by atomic mass is 16.5. The third kappa shape index (κ3) is 8.57. The van der Waals surface area contributed by atoms with Crippen molar-refractivity contribution in [1.29, 1.82) is 0 Å². The van der Waals surface area contributed by atoms with Crippen molar-refractivity contribution >= 4 is 33.1 Å². The maximum atomic E-state index is 5.59. The predicted molar refractivity (Wildman–Crippen MR) is 241 cm³/mol. The standard InChI is InChI=1S/C52H56N2O4/c1-9-10-31-54-50-29-19-40(52(2,3)4)32-46(50)47-33-41(20-30-51(47)54)53(34-48(36-11-21-42(55-5)22-12-36)37-13-23-43(56-6)24-14-37)35-49(38-15-25-44(57-7)26-16-38)39-17-27-45(58-8)28-18-39/h11-30,32-34,49H,9-10,31,35H2,1-8H3. The van der Waals surface area contributed by atoms with Gasteiger partial charge in [-0.25, -0.2) is 0 Å². The number of aryl methyl sites for hydroxylation is 1. The van der Waals surface area contributed by atoms with E-state index in [0.29, 0.717) is 6.54 Å². The van der Waals surface area contributed by atoms with Crippen molar-refractivity contribution in [3.8, 4) is 23.0 Å². The summed E-state index contributed by atoms with van der Waals surface area (Å²) in [6.45, 7) is 10.8. The van der Waals surface area contributed by atoms with Crippen LogP contribution in [0.4, 0.5) is 5.69 Å². The van der Waals surface area contributed by atoms with E-state index in [9.17, 15) is 0 Å². The van der Waals surface area contributed by atoms with Gasteiger partial charge in [0.15, 0.2) is 0 Å². The molecule has 0 aliphatic carbocycles. The van der Waals surface area contributed by atoms with E-state index in [1.54, 1.807) is 28.4 Å². The van der Waals surface area contributed by atoms with Gasteiger partial charge >= 0.3 is 0 Å². The maximum Gasteiger partial charge on any atom is 0.118 e. The van der Waals surface area contributed by atoms with E-state index in [1.807, 2.05) is 24.3 Å². The number of fused-ring (bicyclic) bond motifs is 3. The Labute approximate surface area is 344 Å². The first-order chi connectivity index (χ1) is 28.1. The Hall–Kier alpha value is -6.14. The molecule has 0 unspecified atom stereocenters. The molecule has 0 atom stereocenters. The minimum absolute atomic E-state index is 0.00451. The van der Waals surface area contributed by atoms with Gasteiger partial charge in [0.2, 0.25) is 0 Å². The summed E-state index contributed by atoms with van der Waals surface area (Å²) in [5.41, 5.74) is 10.6. The van der Waals surface area contributed by atoms with Crippen molar-refractivity contribution in [3.63, 3.8) is 0 Å². The number of benzene rings is 6. The van der Waals surface area contributed by atoms with Gasteiger partial charge in [0.1, 0.15) is 23.0 Å². The fourth-order valence-electron chi connectivity index (χ4n) is 7.81. The van der Waals surface area contributed by atoms with Crippen LogP contribution in [0, 0.1) is 0 Å². The Morgan fingerprint density at radius 2 is 1.03 bits per heavy atom. The molecule has 6 nitrogen and oxygen atoms in total. The molecule has 7 aromatic rings. The number of nitrogens with zero attached hydrogens (tertiary/aromatic N) is 2. The Morgan fingerprint density at radius 3 is 1.48 bits per heavy atom. The monoisotopic (exact) mass is 772 g/mol. The van der Waals surface area contributed by atoms with Gasteiger partial charge in [-0.2, -0.15) is 0 Å². The average molecular weight is 773 g/mol. The Morgan fingerprint density at radius 1 is 0.586 bits per heavy atom. The third-order valence-corrected chi connectivity index (χ3v) is 11.3. The zero-order valence-corrected chi connectivity index (χ0v) is 35.2. The van der Waals surface area contributed by atoms with Crippen molar-refractivity contribution < 1.29 is 18.9 Å². The van der Waals surface area contributed by atoms with Crippen LogP contribution in [0.2, 0.25) is 0 Å². The summed E-state index contributed by atoms with van der Waals surface area (Å²) in [6, 6.07) is 47.7. The smallest absolute Gasteiger partial charge is 0.118 e. The minimum Gasteiger partial charge on any atom is -0.497 e. The molecule has 0 saturated heterocycles. The molecular formula is C52H56N2O4. The lowest BCUT2D eigenvalue weighted by Gasteiger charge is -2.29. The number of hydrogen-bond acceptors (Lipinski definition) is 5. The quantitative estimate of drug-likeness (QED) is 0.104. The van der Waals surface area contributed by atoms with E-state index in [-0.39, 0.29) is 11.3 Å². The van der Waals surface area contributed by atoms with Crippen molar-refractivity contribution in [2.45, 2.75) is 58.4 Å². The van der Waals surface area contributed by atoms with E-state index >= 15 is 0 Å². The van der Waals surface area contributed by atoms with Crippen molar-refractivity contribution in [3.05, 3.63) is 167 Å². The molecule has 0 spiro atoms. The molecule has 0 radical (unpaired) electrons. The third-order valence-electron chi connectivity index (χ3n) is 11.3. The second-order valence-electron chi connectivity index (χ2n) is 15.9. The molecular weight excluding hydrogens is 717 g/mol. The highest BCUT2D eigenvalue weighted by molar-refractivity contribution is 6.09. The van der Waals surface area contributed by atoms with E-state index in [4.69, 9.17) is 18.9 Å². The summed E-state index contributed by atoms with van der Waals surface area (Å²) in [5, 5.41) is 2.55. The molecule has 0 amide bonds. The molecule has 7 rings (SSSR count). The largest absolute Gasteiger partial charge is 0.497 e. The fraction of sp³-hybridized carbons (Fsp3) is 0.269. The lowest BCUT2D eigenvalue weighted by Crippen LogP contribution is -2.25. The number of anilines is 1. The summed E-state index contributed by atoms with van der Waals surface area (Å²) in [5.74, 6) is 3.28. The summed E-state index contributed by atoms with van der Waals surface area (Å²) < 4.78 is 24.9. The van der Waals surface area contributed by atoms with Crippen LogP contribution in [-0.2, 0) is 12.0 Å². The second kappa shape index (κ2) is 17.6. The van der Waals surface area contributed by atoms with Gasteiger partial charge in [-0.1, -0.05) is 88.7 Å². The van der Waals surface area contributed by atoms with Crippen LogP contribution in [0.25, 0.3) is 27.4 Å². The molecule has 6 heteroatoms. The summed E-state index contributed by atoms with van der Waals surface area (Å²) in [7, 11) is 6.83. The molecule has 6 aromatic carbocycles. The fourth-order valence-corrected chi connectivity index (χ4v) is 7.81. The second-order valence-corrected chi connectivity index (χ2v) is 15.9. The molecule has 0 fully saturated rings. The van der Waals surface area contributed by atoms with Crippen molar-refractivity contribution in [2.75, 3.05) is 39.9 Å². The zero-order valence-electron chi connectivity index (χ0n) is 35.2. The topological polar surface area (TPSA) is 45.1 Å². The Balaban J connectivity index is 1.48. The number of unbranched alkanes of at least 4 members (excludes halogenated alkanes) is 1.